The summed E-state index contributed by atoms with van der Waals surface area (Å²) in [6, 6.07) is 20.5. The van der Waals surface area contributed by atoms with E-state index >= 15 is 0 Å². The van der Waals surface area contributed by atoms with E-state index in [4.69, 9.17) is 21.1 Å². The molecule has 3 aromatic carbocycles. The molecule has 9 nitrogen and oxygen atoms in total. The molecule has 4 rings (SSSR count). The fourth-order valence-corrected chi connectivity index (χ4v) is 4.37. The molecule has 0 saturated carbocycles. The van der Waals surface area contributed by atoms with Crippen LogP contribution in [0.3, 0.4) is 0 Å². The highest BCUT2D eigenvalue weighted by Crippen LogP contribution is 2.29. The molecule has 0 fully saturated rings. The predicted molar refractivity (Wildman–Crippen MR) is 155 cm³/mol. The number of esters is 1. The van der Waals surface area contributed by atoms with Crippen molar-refractivity contribution in [3.05, 3.63) is 113 Å². The van der Waals surface area contributed by atoms with Gasteiger partial charge in [0, 0.05) is 24.2 Å². The van der Waals surface area contributed by atoms with Crippen molar-refractivity contribution in [1.29, 1.82) is 0 Å². The van der Waals surface area contributed by atoms with Crippen LogP contribution in [0.1, 0.15) is 34.8 Å². The Morgan fingerprint density at radius 3 is 2.24 bits per heavy atom. The molecule has 2 N–H and O–H groups in total. The van der Waals surface area contributed by atoms with Gasteiger partial charge in [-0.2, -0.15) is 5.10 Å². The number of benzene rings is 3. The van der Waals surface area contributed by atoms with E-state index in [0.29, 0.717) is 22.8 Å². The van der Waals surface area contributed by atoms with E-state index in [2.05, 4.69) is 15.7 Å². The summed E-state index contributed by atoms with van der Waals surface area (Å²) >= 11 is 6.31. The van der Waals surface area contributed by atoms with Gasteiger partial charge in [-0.1, -0.05) is 79.2 Å². The molecule has 0 aliphatic heterocycles. The Kier molecular flexibility index (Phi) is 10.7. The van der Waals surface area contributed by atoms with Crippen LogP contribution in [-0.2, 0) is 34.0 Å². The van der Waals surface area contributed by atoms with Crippen LogP contribution in [0.2, 0.25) is 5.02 Å². The summed E-state index contributed by atoms with van der Waals surface area (Å²) in [5, 5.41) is 9.57. The average Bonchev–Trinajstić information content (AvgIpc) is 3.37. The van der Waals surface area contributed by atoms with Crippen molar-refractivity contribution in [1.82, 2.24) is 20.4 Å². The minimum atomic E-state index is -1.28. The molecule has 0 unspecified atom stereocenters. The smallest absolute Gasteiger partial charge is 0.408 e. The van der Waals surface area contributed by atoms with Crippen molar-refractivity contribution in [3.63, 3.8) is 0 Å². The van der Waals surface area contributed by atoms with Crippen LogP contribution in [0, 0.1) is 5.82 Å². The molecule has 1 atom stereocenters. The number of alkyl carbamates (subject to hydrolysis) is 1. The molecule has 2 amide bonds. The quantitative estimate of drug-likeness (QED) is 0.210. The van der Waals surface area contributed by atoms with Crippen LogP contribution >= 0.6 is 11.6 Å². The van der Waals surface area contributed by atoms with Crippen molar-refractivity contribution in [3.8, 4) is 11.3 Å². The summed E-state index contributed by atoms with van der Waals surface area (Å²) in [6.07, 6.45) is 1.36. The van der Waals surface area contributed by atoms with Crippen LogP contribution in [0.25, 0.3) is 11.3 Å². The molecule has 218 valence electrons. The molecular weight excluding hydrogens is 563 g/mol. The molecule has 1 aromatic heterocycles. The largest absolute Gasteiger partial charge is 0.459 e. The van der Waals surface area contributed by atoms with Crippen LogP contribution in [0.4, 0.5) is 9.18 Å². The second kappa shape index (κ2) is 14.8. The highest BCUT2D eigenvalue weighted by atomic mass is 35.5. The van der Waals surface area contributed by atoms with Gasteiger partial charge >= 0.3 is 12.1 Å². The summed E-state index contributed by atoms with van der Waals surface area (Å²) in [6.45, 7) is 2.13. The molecule has 4 aromatic rings. The van der Waals surface area contributed by atoms with Crippen LogP contribution in [0.15, 0.2) is 85.1 Å². The van der Waals surface area contributed by atoms with Crippen LogP contribution in [-0.4, -0.2) is 40.3 Å². The number of carbonyl (C=O) groups excluding carboxylic acids is 3. The van der Waals surface area contributed by atoms with Gasteiger partial charge in [0.15, 0.2) is 0 Å². The van der Waals surface area contributed by atoms with Crippen molar-refractivity contribution in [2.24, 2.45) is 0 Å². The summed E-state index contributed by atoms with van der Waals surface area (Å²) in [5.41, 5.74) is 2.35. The number of rotatable bonds is 12. The van der Waals surface area contributed by atoms with Crippen LogP contribution < -0.4 is 10.6 Å². The van der Waals surface area contributed by atoms with Gasteiger partial charge in [0.1, 0.15) is 25.1 Å². The lowest BCUT2D eigenvalue weighted by Crippen LogP contribution is -2.49. The first-order chi connectivity index (χ1) is 20.3. The number of carbonyl (C=O) groups is 3. The SMILES string of the molecule is CCCn1ncc(Cl)c1-c1cc(F)cc(C(=O)NC[C@@H](NC(=O)OCc2ccccc2)C(=O)OCc2ccccc2)c1. The van der Waals surface area contributed by atoms with Crippen LogP contribution in [0.5, 0.6) is 0 Å². The number of aromatic nitrogens is 2. The summed E-state index contributed by atoms with van der Waals surface area (Å²) in [5.74, 6) is -2.11. The third kappa shape index (κ3) is 8.40. The molecule has 0 bridgehead atoms. The molecule has 0 spiro atoms. The highest BCUT2D eigenvalue weighted by Gasteiger charge is 2.25. The lowest BCUT2D eigenvalue weighted by Gasteiger charge is -2.18. The maximum Gasteiger partial charge on any atom is 0.408 e. The minimum absolute atomic E-state index is 0.00614. The number of hydrogen-bond donors (Lipinski definition) is 2. The Bertz CT molecular complexity index is 1510. The maximum atomic E-state index is 14.6. The highest BCUT2D eigenvalue weighted by molar-refractivity contribution is 6.33. The Morgan fingerprint density at radius 2 is 1.60 bits per heavy atom. The first kappa shape index (κ1) is 30.3. The normalized spacial score (nSPS) is 11.4. The molecule has 11 heteroatoms. The Labute approximate surface area is 247 Å². The van der Waals surface area contributed by atoms with Gasteiger partial charge in [-0.3, -0.25) is 9.48 Å². The van der Waals surface area contributed by atoms with Gasteiger partial charge in [-0.25, -0.2) is 14.0 Å². The second-order valence-electron chi connectivity index (χ2n) is 9.35. The second-order valence-corrected chi connectivity index (χ2v) is 9.76. The number of aryl methyl sites for hydroxylation is 1. The summed E-state index contributed by atoms with van der Waals surface area (Å²) < 4.78 is 26.9. The maximum absolute atomic E-state index is 14.6. The average molecular weight is 593 g/mol. The summed E-state index contributed by atoms with van der Waals surface area (Å²) in [7, 11) is 0. The van der Waals surface area contributed by atoms with Crippen molar-refractivity contribution in [2.45, 2.75) is 39.1 Å². The molecule has 0 aliphatic carbocycles. The van der Waals surface area contributed by atoms with Gasteiger partial charge < -0.3 is 20.1 Å². The molecule has 0 radical (unpaired) electrons. The van der Waals surface area contributed by atoms with Crippen molar-refractivity contribution >= 4 is 29.6 Å². The Hall–Kier alpha value is -4.70. The van der Waals surface area contributed by atoms with Gasteiger partial charge in [0.05, 0.1) is 16.9 Å². The standard InChI is InChI=1S/C31H30ClFN4O5/c1-2-13-37-28(26(32)17-35-37)23-14-24(16-25(33)15-23)29(38)34-18-27(30(39)41-19-21-9-5-3-6-10-21)36-31(40)42-20-22-11-7-4-8-12-22/h3-12,14-17,27H,2,13,18-20H2,1H3,(H,34,38)(H,36,40)/t27-/m1/s1. The third-order valence-corrected chi connectivity index (χ3v) is 6.42. The number of nitrogens with zero attached hydrogens (tertiary/aromatic N) is 2. The van der Waals surface area contributed by atoms with Gasteiger partial charge in [0.25, 0.3) is 5.91 Å². The fraction of sp³-hybridized carbons (Fsp3) is 0.226. The van der Waals surface area contributed by atoms with Crippen molar-refractivity contribution in [2.75, 3.05) is 6.54 Å². The Balaban J connectivity index is 1.46. The van der Waals surface area contributed by atoms with Gasteiger partial charge in [0.2, 0.25) is 0 Å². The van der Waals surface area contributed by atoms with Gasteiger partial charge in [-0.05, 0) is 35.7 Å². The fourth-order valence-electron chi connectivity index (χ4n) is 4.11. The van der Waals surface area contributed by atoms with Crippen molar-refractivity contribution < 1.29 is 28.2 Å². The third-order valence-electron chi connectivity index (χ3n) is 6.14. The predicted octanol–water partition coefficient (Wildman–Crippen LogP) is 5.52. The van der Waals surface area contributed by atoms with E-state index in [0.717, 1.165) is 23.6 Å². The number of ether oxygens (including phenoxy) is 2. The summed E-state index contributed by atoms with van der Waals surface area (Å²) in [4.78, 5) is 38.6. The number of hydrogen-bond acceptors (Lipinski definition) is 6. The zero-order valence-corrected chi connectivity index (χ0v) is 23.6. The van der Waals surface area contributed by atoms with E-state index in [-0.39, 0.29) is 25.3 Å². The first-order valence-corrected chi connectivity index (χ1v) is 13.7. The topological polar surface area (TPSA) is 112 Å². The van der Waals surface area contributed by atoms with Gasteiger partial charge in [-0.15, -0.1) is 0 Å². The van der Waals surface area contributed by atoms with E-state index < -0.39 is 29.8 Å². The molecule has 1 heterocycles. The Morgan fingerprint density at radius 1 is 0.952 bits per heavy atom. The van der Waals surface area contributed by atoms with E-state index in [1.54, 1.807) is 53.2 Å². The molecule has 0 aliphatic rings. The zero-order valence-electron chi connectivity index (χ0n) is 22.9. The van der Waals surface area contributed by atoms with E-state index in [1.165, 1.54) is 18.3 Å². The zero-order chi connectivity index (χ0) is 29.9. The minimum Gasteiger partial charge on any atom is -0.459 e. The lowest BCUT2D eigenvalue weighted by atomic mass is 10.1. The number of amides is 2. The molecular formula is C31H30ClFN4O5. The number of halogens is 2. The monoisotopic (exact) mass is 592 g/mol. The van der Waals surface area contributed by atoms with E-state index in [9.17, 15) is 18.8 Å². The molecule has 0 saturated heterocycles. The molecule has 42 heavy (non-hydrogen) atoms. The van der Waals surface area contributed by atoms with E-state index in [1.807, 2.05) is 19.1 Å². The first-order valence-electron chi connectivity index (χ1n) is 13.3. The lowest BCUT2D eigenvalue weighted by molar-refractivity contribution is -0.147. The number of nitrogens with one attached hydrogen (secondary N) is 2.